The zero-order valence-electron chi connectivity index (χ0n) is 16.5. The van der Waals surface area contributed by atoms with Crippen molar-refractivity contribution < 1.29 is 13.2 Å². The first-order chi connectivity index (χ1) is 14.7. The summed E-state index contributed by atoms with van der Waals surface area (Å²) in [6.45, 7) is 0.490. The van der Waals surface area contributed by atoms with Crippen LogP contribution in [0.2, 0.25) is 5.02 Å². The molecule has 0 bridgehead atoms. The van der Waals surface area contributed by atoms with Gasteiger partial charge in [0.15, 0.2) is 0 Å². The van der Waals surface area contributed by atoms with E-state index in [4.69, 9.17) is 22.7 Å². The number of nitrogens with one attached hydrogen (secondary N) is 1. The van der Waals surface area contributed by atoms with E-state index >= 15 is 0 Å². The minimum absolute atomic E-state index is 0.0780. The van der Waals surface area contributed by atoms with E-state index in [1.165, 1.54) is 16.6 Å². The lowest BCUT2D eigenvalue weighted by atomic mass is 10.1. The van der Waals surface area contributed by atoms with Crippen LogP contribution < -0.4 is 5.73 Å². The fourth-order valence-corrected chi connectivity index (χ4v) is 5.03. The molecule has 10 heteroatoms. The summed E-state index contributed by atoms with van der Waals surface area (Å²) >= 11 is 5.99. The fraction of sp³-hybridized carbons (Fsp3) is 0.190. The molecule has 0 radical (unpaired) electrons. The third-order valence-corrected chi connectivity index (χ3v) is 7.26. The summed E-state index contributed by atoms with van der Waals surface area (Å²) in [6.07, 6.45) is 1.48. The summed E-state index contributed by atoms with van der Waals surface area (Å²) in [5, 5.41) is 9.58. The largest absolute Gasteiger partial charge is 0.384 e. The van der Waals surface area contributed by atoms with E-state index in [0.717, 1.165) is 10.8 Å². The molecule has 1 aromatic heterocycles. The number of fused-ring (bicyclic) bond motifs is 1. The van der Waals surface area contributed by atoms with Gasteiger partial charge in [-0.2, -0.15) is 4.31 Å². The number of amides is 1. The third kappa shape index (κ3) is 4.39. The molecule has 0 aliphatic carbocycles. The van der Waals surface area contributed by atoms with E-state index in [0.29, 0.717) is 16.3 Å². The van der Waals surface area contributed by atoms with Crippen LogP contribution in [-0.2, 0) is 21.4 Å². The van der Waals surface area contributed by atoms with Crippen molar-refractivity contribution in [3.05, 3.63) is 71.0 Å². The Morgan fingerprint density at radius 2 is 1.84 bits per heavy atom. The average molecular weight is 458 g/mol. The van der Waals surface area contributed by atoms with Gasteiger partial charge in [0.05, 0.1) is 23.7 Å². The number of rotatable bonds is 5. The molecule has 0 unspecified atom stereocenters. The molecule has 2 heterocycles. The predicted molar refractivity (Wildman–Crippen MR) is 118 cm³/mol. The molecular weight excluding hydrogens is 438 g/mol. The Labute approximate surface area is 184 Å². The van der Waals surface area contributed by atoms with Crippen molar-refractivity contribution >= 4 is 44.1 Å². The maximum Gasteiger partial charge on any atom is 0.243 e. The first kappa shape index (κ1) is 21.2. The number of carbonyl (C=O) groups is 1. The number of amidine groups is 1. The smallest absolute Gasteiger partial charge is 0.243 e. The minimum atomic E-state index is -3.81. The van der Waals surface area contributed by atoms with Crippen molar-refractivity contribution in [2.45, 2.75) is 11.4 Å². The van der Waals surface area contributed by atoms with Gasteiger partial charge in [-0.1, -0.05) is 23.7 Å². The second-order valence-corrected chi connectivity index (χ2v) is 9.63. The van der Waals surface area contributed by atoms with Crippen molar-refractivity contribution in [1.29, 1.82) is 5.41 Å². The predicted octanol–water partition coefficient (Wildman–Crippen LogP) is 2.21. The van der Waals surface area contributed by atoms with Crippen molar-refractivity contribution in [3.8, 4) is 0 Å². The number of halogens is 1. The molecular formula is C21H20ClN5O3S. The quantitative estimate of drug-likeness (QED) is 0.449. The van der Waals surface area contributed by atoms with Gasteiger partial charge in [-0.25, -0.2) is 8.42 Å². The first-order valence-electron chi connectivity index (χ1n) is 9.50. The number of hydrogen-bond acceptors (Lipinski definition) is 5. The van der Waals surface area contributed by atoms with Gasteiger partial charge >= 0.3 is 0 Å². The number of nitrogens with zero attached hydrogens (tertiary/aromatic N) is 3. The van der Waals surface area contributed by atoms with Gasteiger partial charge in [-0.3, -0.25) is 15.2 Å². The van der Waals surface area contributed by atoms with Gasteiger partial charge in [-0.05, 0) is 47.2 Å². The number of carbonyl (C=O) groups excluding carboxylic acids is 1. The van der Waals surface area contributed by atoms with E-state index in [1.54, 1.807) is 47.4 Å². The van der Waals surface area contributed by atoms with E-state index in [9.17, 15) is 13.2 Å². The molecule has 1 amide bonds. The number of hydrogen-bond donors (Lipinski definition) is 2. The maximum absolute atomic E-state index is 13.1. The zero-order valence-corrected chi connectivity index (χ0v) is 18.0. The van der Waals surface area contributed by atoms with Crippen molar-refractivity contribution in [2.75, 3.05) is 19.6 Å². The van der Waals surface area contributed by atoms with Gasteiger partial charge in [0.2, 0.25) is 15.9 Å². The van der Waals surface area contributed by atoms with Crippen LogP contribution in [0.4, 0.5) is 0 Å². The Bertz CT molecular complexity index is 1280. The molecule has 1 aliphatic rings. The molecule has 31 heavy (non-hydrogen) atoms. The lowest BCUT2D eigenvalue weighted by Gasteiger charge is -2.33. The molecule has 1 fully saturated rings. The number of aromatic nitrogens is 1. The maximum atomic E-state index is 13.1. The first-order valence-corrected chi connectivity index (χ1v) is 11.3. The number of nitrogen functional groups attached to an aromatic ring is 1. The number of pyridine rings is 1. The summed E-state index contributed by atoms with van der Waals surface area (Å²) in [5.41, 5.74) is 6.57. The van der Waals surface area contributed by atoms with Gasteiger partial charge in [0.1, 0.15) is 5.84 Å². The molecule has 3 aromatic rings. The molecule has 0 spiro atoms. The number of sulfonamides is 1. The van der Waals surface area contributed by atoms with E-state index in [1.807, 2.05) is 0 Å². The highest BCUT2D eigenvalue weighted by Crippen LogP contribution is 2.25. The standard InChI is InChI=1S/C21H20ClN5O3S/c22-17-4-1-15-10-19(6-3-14(15)9-17)31(29,30)27-8-7-26(20(28)13-27)12-18-5-2-16(11-25-18)21(23)24/h1-6,9-11H,7-8,12-13H2,(H3,23,24). The highest BCUT2D eigenvalue weighted by molar-refractivity contribution is 7.89. The Hall–Kier alpha value is -3.01. The van der Waals surface area contributed by atoms with Crippen LogP contribution in [0.1, 0.15) is 11.3 Å². The second kappa shape index (κ2) is 8.26. The van der Waals surface area contributed by atoms with Crippen molar-refractivity contribution in [3.63, 3.8) is 0 Å². The molecule has 8 nitrogen and oxygen atoms in total. The fourth-order valence-electron chi connectivity index (χ4n) is 3.44. The molecule has 1 aliphatic heterocycles. The summed E-state index contributed by atoms with van der Waals surface area (Å²) in [7, 11) is -3.81. The topological polar surface area (TPSA) is 120 Å². The van der Waals surface area contributed by atoms with E-state index in [-0.39, 0.29) is 42.8 Å². The summed E-state index contributed by atoms with van der Waals surface area (Å²) in [4.78, 5) is 18.6. The molecule has 3 N–H and O–H groups in total. The van der Waals surface area contributed by atoms with Crippen LogP contribution in [0, 0.1) is 5.41 Å². The monoisotopic (exact) mass is 457 g/mol. The van der Waals surface area contributed by atoms with Gasteiger partial charge < -0.3 is 10.6 Å². The SMILES string of the molecule is N=C(N)c1ccc(CN2CCN(S(=O)(=O)c3ccc4cc(Cl)ccc4c3)CC2=O)nc1. The lowest BCUT2D eigenvalue weighted by molar-refractivity contribution is -0.134. The van der Waals surface area contributed by atoms with Gasteiger partial charge in [-0.15, -0.1) is 0 Å². The van der Waals surface area contributed by atoms with Gasteiger partial charge in [0.25, 0.3) is 0 Å². The highest BCUT2D eigenvalue weighted by Gasteiger charge is 2.33. The zero-order chi connectivity index (χ0) is 22.2. The van der Waals surface area contributed by atoms with Crippen molar-refractivity contribution in [1.82, 2.24) is 14.2 Å². The third-order valence-electron chi connectivity index (χ3n) is 5.18. The normalized spacial score (nSPS) is 15.4. The summed E-state index contributed by atoms with van der Waals surface area (Å²) < 4.78 is 27.4. The molecule has 4 rings (SSSR count). The van der Waals surface area contributed by atoms with E-state index in [2.05, 4.69) is 4.98 Å². The number of nitrogens with two attached hydrogens (primary N) is 1. The highest BCUT2D eigenvalue weighted by atomic mass is 35.5. The Balaban J connectivity index is 1.48. The van der Waals surface area contributed by atoms with Crippen LogP contribution in [-0.4, -0.2) is 54.0 Å². The Morgan fingerprint density at radius 1 is 1.10 bits per heavy atom. The van der Waals surface area contributed by atoms with E-state index < -0.39 is 10.0 Å². The average Bonchev–Trinajstić information content (AvgIpc) is 2.75. The minimum Gasteiger partial charge on any atom is -0.384 e. The Morgan fingerprint density at radius 3 is 2.52 bits per heavy atom. The molecule has 160 valence electrons. The van der Waals surface area contributed by atoms with Crippen LogP contribution in [0.5, 0.6) is 0 Å². The lowest BCUT2D eigenvalue weighted by Crippen LogP contribution is -2.51. The number of benzene rings is 2. The molecule has 0 atom stereocenters. The summed E-state index contributed by atoms with van der Waals surface area (Å²) in [5.74, 6) is -0.370. The molecule has 2 aromatic carbocycles. The Kier molecular flexibility index (Phi) is 5.65. The van der Waals surface area contributed by atoms with Crippen LogP contribution in [0.15, 0.2) is 59.6 Å². The van der Waals surface area contributed by atoms with Gasteiger partial charge in [0, 0.05) is 29.9 Å². The van der Waals surface area contributed by atoms with Crippen LogP contribution >= 0.6 is 11.6 Å². The van der Waals surface area contributed by atoms with Crippen LogP contribution in [0.3, 0.4) is 0 Å². The molecule has 1 saturated heterocycles. The number of piperazine rings is 1. The second-order valence-electron chi connectivity index (χ2n) is 7.26. The summed E-state index contributed by atoms with van der Waals surface area (Å²) in [6, 6.07) is 13.5. The van der Waals surface area contributed by atoms with Crippen LogP contribution in [0.25, 0.3) is 10.8 Å². The molecule has 0 saturated carbocycles. The van der Waals surface area contributed by atoms with Crippen molar-refractivity contribution in [2.24, 2.45) is 5.73 Å².